The summed E-state index contributed by atoms with van der Waals surface area (Å²) in [5.41, 5.74) is -0.297. The van der Waals surface area contributed by atoms with Crippen molar-refractivity contribution in [1.29, 1.82) is 0 Å². The highest BCUT2D eigenvalue weighted by Crippen LogP contribution is 2.21. The number of halogens is 2. The van der Waals surface area contributed by atoms with E-state index in [4.69, 9.17) is 0 Å². The first-order valence-corrected chi connectivity index (χ1v) is 3.63. The smallest absolute Gasteiger partial charge is 0.345 e. The van der Waals surface area contributed by atoms with Crippen LogP contribution >= 0.6 is 0 Å². The quantitative estimate of drug-likeness (QED) is 0.660. The molecule has 0 N–H and O–H groups in total. The van der Waals surface area contributed by atoms with Crippen LogP contribution in [0.25, 0.3) is 0 Å². The highest BCUT2D eigenvalue weighted by molar-refractivity contribution is 5.76. The molecular weight excluding hydrogens is 178 g/mol. The van der Waals surface area contributed by atoms with Gasteiger partial charge in [0.25, 0.3) is 0 Å². The minimum Gasteiger partial charge on any atom is -0.467 e. The van der Waals surface area contributed by atoms with Gasteiger partial charge in [0, 0.05) is 5.56 Å². The topological polar surface area (TPSA) is 26.3 Å². The van der Waals surface area contributed by atoms with Gasteiger partial charge in [-0.15, -0.1) is 0 Å². The van der Waals surface area contributed by atoms with Crippen LogP contribution in [0.3, 0.4) is 0 Å². The summed E-state index contributed by atoms with van der Waals surface area (Å²) in [6.07, 6.45) is -2.05. The molecule has 13 heavy (non-hydrogen) atoms. The van der Waals surface area contributed by atoms with Gasteiger partial charge in [-0.25, -0.2) is 13.6 Å². The van der Waals surface area contributed by atoms with Gasteiger partial charge in [0.15, 0.2) is 0 Å². The molecule has 1 unspecified atom stereocenters. The number of ether oxygens (including phenoxy) is 1. The van der Waals surface area contributed by atoms with Crippen molar-refractivity contribution in [3.8, 4) is 0 Å². The van der Waals surface area contributed by atoms with E-state index in [-0.39, 0.29) is 5.56 Å². The summed E-state index contributed by atoms with van der Waals surface area (Å²) in [6, 6.07) is 5.17. The molecule has 0 aromatic heterocycles. The summed E-state index contributed by atoms with van der Waals surface area (Å²) in [6.45, 7) is 0. The number of methoxy groups -OCH3 is 1. The van der Waals surface area contributed by atoms with Crippen LogP contribution in [0.4, 0.5) is 8.78 Å². The van der Waals surface area contributed by atoms with Gasteiger partial charge in [0.05, 0.1) is 7.11 Å². The summed E-state index contributed by atoms with van der Waals surface area (Å²) in [5, 5.41) is 0. The first kappa shape index (κ1) is 9.64. The van der Waals surface area contributed by atoms with E-state index < -0.39 is 18.0 Å². The van der Waals surface area contributed by atoms with Gasteiger partial charge in [0.2, 0.25) is 6.17 Å². The summed E-state index contributed by atoms with van der Waals surface area (Å²) < 4.78 is 30.1. The van der Waals surface area contributed by atoms with Crippen molar-refractivity contribution in [2.24, 2.45) is 0 Å². The molecule has 2 nitrogen and oxygen atoms in total. The second-order valence-corrected chi connectivity index (χ2v) is 2.41. The van der Waals surface area contributed by atoms with Gasteiger partial charge in [-0.05, 0) is 6.07 Å². The zero-order valence-corrected chi connectivity index (χ0v) is 6.96. The number of alkyl halides is 1. The second-order valence-electron chi connectivity index (χ2n) is 2.41. The molecule has 4 heteroatoms. The molecule has 0 amide bonds. The summed E-state index contributed by atoms with van der Waals surface area (Å²) in [5.74, 6) is -1.84. The Labute approximate surface area is 74.1 Å². The Morgan fingerprint density at radius 1 is 1.46 bits per heavy atom. The largest absolute Gasteiger partial charge is 0.467 e. The third kappa shape index (κ3) is 2.02. The third-order valence-electron chi connectivity index (χ3n) is 1.59. The molecule has 0 aliphatic carbocycles. The predicted molar refractivity (Wildman–Crippen MR) is 42.3 cm³/mol. The maximum absolute atomic E-state index is 13.1. The summed E-state index contributed by atoms with van der Waals surface area (Å²) in [4.78, 5) is 10.7. The Hall–Kier alpha value is -1.45. The fourth-order valence-electron chi connectivity index (χ4n) is 0.911. The van der Waals surface area contributed by atoms with Gasteiger partial charge < -0.3 is 4.74 Å². The Morgan fingerprint density at radius 3 is 2.62 bits per heavy atom. The van der Waals surface area contributed by atoms with Crippen molar-refractivity contribution in [3.05, 3.63) is 35.6 Å². The normalized spacial score (nSPS) is 12.2. The number of carbonyl (C=O) groups excluding carboxylic acids is 1. The minimum atomic E-state index is -2.05. The monoisotopic (exact) mass is 186 g/mol. The van der Waals surface area contributed by atoms with Gasteiger partial charge in [-0.2, -0.15) is 0 Å². The molecule has 0 fully saturated rings. The van der Waals surface area contributed by atoms with E-state index in [0.29, 0.717) is 0 Å². The van der Waals surface area contributed by atoms with E-state index in [1.807, 2.05) is 0 Å². The van der Waals surface area contributed by atoms with Crippen LogP contribution in [0.15, 0.2) is 24.3 Å². The van der Waals surface area contributed by atoms with Crippen LogP contribution < -0.4 is 0 Å². The lowest BCUT2D eigenvalue weighted by molar-refractivity contribution is -0.146. The van der Waals surface area contributed by atoms with Crippen LogP contribution in [0.5, 0.6) is 0 Å². The molecule has 1 rings (SSSR count). The zero-order chi connectivity index (χ0) is 9.84. The van der Waals surface area contributed by atoms with Gasteiger partial charge in [0.1, 0.15) is 5.82 Å². The Balaban J connectivity index is 2.95. The first-order valence-electron chi connectivity index (χ1n) is 3.63. The Bertz CT molecular complexity index is 312. The molecular formula is C9H8F2O2. The molecule has 1 atom stereocenters. The molecule has 0 aliphatic heterocycles. The van der Waals surface area contributed by atoms with Crippen molar-refractivity contribution in [1.82, 2.24) is 0 Å². The molecule has 0 aliphatic rings. The molecule has 0 saturated heterocycles. The van der Waals surface area contributed by atoms with Crippen molar-refractivity contribution < 1.29 is 18.3 Å². The van der Waals surface area contributed by atoms with E-state index in [0.717, 1.165) is 13.2 Å². The Kier molecular flexibility index (Phi) is 2.95. The maximum Gasteiger partial charge on any atom is 0.345 e. The van der Waals surface area contributed by atoms with E-state index in [9.17, 15) is 13.6 Å². The van der Waals surface area contributed by atoms with Crippen LogP contribution in [-0.4, -0.2) is 13.1 Å². The molecule has 1 aromatic carbocycles. The number of hydrogen-bond acceptors (Lipinski definition) is 2. The van der Waals surface area contributed by atoms with Crippen LogP contribution in [-0.2, 0) is 9.53 Å². The number of esters is 1. The number of hydrogen-bond donors (Lipinski definition) is 0. The first-order chi connectivity index (χ1) is 6.16. The standard InChI is InChI=1S/C9H8F2O2/c1-13-9(12)8(11)6-4-2-3-5-7(6)10/h2-5,8H,1H3. The lowest BCUT2D eigenvalue weighted by Crippen LogP contribution is -2.10. The zero-order valence-electron chi connectivity index (χ0n) is 6.96. The predicted octanol–water partition coefficient (Wildman–Crippen LogP) is 2.01. The highest BCUT2D eigenvalue weighted by Gasteiger charge is 2.22. The van der Waals surface area contributed by atoms with Crippen molar-refractivity contribution in [3.63, 3.8) is 0 Å². The molecule has 70 valence electrons. The second kappa shape index (κ2) is 3.98. The average molecular weight is 186 g/mol. The summed E-state index contributed by atoms with van der Waals surface area (Å²) >= 11 is 0. The van der Waals surface area contributed by atoms with Crippen LogP contribution in [0.1, 0.15) is 11.7 Å². The lowest BCUT2D eigenvalue weighted by atomic mass is 10.1. The molecule has 0 spiro atoms. The van der Waals surface area contributed by atoms with Gasteiger partial charge >= 0.3 is 5.97 Å². The molecule has 0 radical (unpaired) electrons. The maximum atomic E-state index is 13.1. The van der Waals surface area contributed by atoms with E-state index in [1.54, 1.807) is 0 Å². The van der Waals surface area contributed by atoms with Crippen LogP contribution in [0, 0.1) is 5.82 Å². The van der Waals surface area contributed by atoms with E-state index in [1.165, 1.54) is 18.2 Å². The third-order valence-corrected chi connectivity index (χ3v) is 1.59. The average Bonchev–Trinajstić information content (AvgIpc) is 2.16. The molecule has 0 bridgehead atoms. The lowest BCUT2D eigenvalue weighted by Gasteiger charge is -2.06. The van der Waals surface area contributed by atoms with Gasteiger partial charge in [-0.3, -0.25) is 0 Å². The fraction of sp³-hybridized carbons (Fsp3) is 0.222. The van der Waals surface area contributed by atoms with Crippen molar-refractivity contribution in [2.75, 3.05) is 7.11 Å². The van der Waals surface area contributed by atoms with Crippen molar-refractivity contribution in [2.45, 2.75) is 6.17 Å². The highest BCUT2D eigenvalue weighted by atomic mass is 19.1. The SMILES string of the molecule is COC(=O)C(F)c1ccccc1F. The van der Waals surface area contributed by atoms with Crippen molar-refractivity contribution >= 4 is 5.97 Å². The molecule has 0 saturated carbocycles. The van der Waals surface area contributed by atoms with Gasteiger partial charge in [-0.1, -0.05) is 18.2 Å². The fourth-order valence-corrected chi connectivity index (χ4v) is 0.911. The van der Waals surface area contributed by atoms with E-state index >= 15 is 0 Å². The Morgan fingerprint density at radius 2 is 2.08 bits per heavy atom. The van der Waals surface area contributed by atoms with Crippen LogP contribution in [0.2, 0.25) is 0 Å². The number of rotatable bonds is 2. The van der Waals surface area contributed by atoms with E-state index in [2.05, 4.69) is 4.74 Å². The minimum absolute atomic E-state index is 0.297. The number of carbonyl (C=O) groups is 1. The number of benzene rings is 1. The molecule has 1 aromatic rings. The molecule has 0 heterocycles. The summed E-state index contributed by atoms with van der Waals surface area (Å²) in [7, 11) is 1.05.